The van der Waals surface area contributed by atoms with E-state index in [0.717, 1.165) is 10.6 Å². The Morgan fingerprint density at radius 1 is 1.33 bits per heavy atom. The second-order valence-electron chi connectivity index (χ2n) is 4.89. The van der Waals surface area contributed by atoms with Gasteiger partial charge in [0.15, 0.2) is 0 Å². The molecular weight excluding hydrogens is 270 g/mol. The Labute approximate surface area is 115 Å². The van der Waals surface area contributed by atoms with Crippen molar-refractivity contribution in [1.29, 1.82) is 0 Å². The van der Waals surface area contributed by atoms with Crippen LogP contribution in [0.5, 0.6) is 0 Å². The zero-order valence-corrected chi connectivity index (χ0v) is 12.3. The third-order valence-electron chi connectivity index (χ3n) is 2.33. The molecule has 0 amide bonds. The van der Waals surface area contributed by atoms with Crippen molar-refractivity contribution in [3.8, 4) is 11.4 Å². The third kappa shape index (κ3) is 2.67. The predicted octanol–water partition coefficient (Wildman–Crippen LogP) is 3.80. The minimum Gasteiger partial charge on any atom is -0.338 e. The smallest absolute Gasteiger partial charge is 0.232 e. The largest absolute Gasteiger partial charge is 0.338 e. The van der Waals surface area contributed by atoms with E-state index in [1.807, 2.05) is 27.0 Å². The van der Waals surface area contributed by atoms with Crippen LogP contribution < -0.4 is 0 Å². The summed E-state index contributed by atoms with van der Waals surface area (Å²) in [6.45, 7) is 6.06. The molecule has 6 heteroatoms. The summed E-state index contributed by atoms with van der Waals surface area (Å²) in [7, 11) is 0. The summed E-state index contributed by atoms with van der Waals surface area (Å²) in [6, 6.07) is 1.80. The van der Waals surface area contributed by atoms with Gasteiger partial charge in [0, 0.05) is 17.2 Å². The van der Waals surface area contributed by atoms with Gasteiger partial charge < -0.3 is 4.52 Å². The maximum Gasteiger partial charge on any atom is 0.232 e. The second-order valence-corrected chi connectivity index (χ2v) is 6.09. The molecule has 4 nitrogen and oxygen atoms in total. The van der Waals surface area contributed by atoms with Crippen LogP contribution in [-0.2, 0) is 5.41 Å². The second kappa shape index (κ2) is 4.90. The molecule has 0 fully saturated rings. The van der Waals surface area contributed by atoms with Crippen LogP contribution >= 0.6 is 23.4 Å². The van der Waals surface area contributed by atoms with Gasteiger partial charge in [-0.3, -0.25) is 0 Å². The number of nitrogens with zero attached hydrogens (tertiary/aromatic N) is 3. The molecule has 0 unspecified atom stereocenters. The number of hydrogen-bond donors (Lipinski definition) is 0. The Hall–Kier alpha value is -1.07. The molecule has 0 aliphatic rings. The van der Waals surface area contributed by atoms with Gasteiger partial charge in [-0.15, -0.1) is 11.8 Å². The molecule has 2 aromatic heterocycles. The normalized spacial score (nSPS) is 11.8. The first-order valence-corrected chi connectivity index (χ1v) is 7.06. The lowest BCUT2D eigenvalue weighted by molar-refractivity contribution is 0.321. The van der Waals surface area contributed by atoms with Crippen molar-refractivity contribution in [3.63, 3.8) is 0 Å². The van der Waals surface area contributed by atoms with Gasteiger partial charge in [-0.25, -0.2) is 4.98 Å². The number of hydrogen-bond acceptors (Lipinski definition) is 5. The number of thioether (sulfide) groups is 1. The van der Waals surface area contributed by atoms with Crippen LogP contribution in [0.3, 0.4) is 0 Å². The van der Waals surface area contributed by atoms with Gasteiger partial charge in [0.1, 0.15) is 5.03 Å². The summed E-state index contributed by atoms with van der Waals surface area (Å²) in [4.78, 5) is 8.62. The lowest BCUT2D eigenvalue weighted by Crippen LogP contribution is -2.11. The van der Waals surface area contributed by atoms with Crippen LogP contribution in [0.25, 0.3) is 11.4 Å². The van der Waals surface area contributed by atoms with Gasteiger partial charge >= 0.3 is 0 Å². The van der Waals surface area contributed by atoms with Gasteiger partial charge in [-0.2, -0.15) is 4.98 Å². The highest BCUT2D eigenvalue weighted by Gasteiger charge is 2.22. The standard InChI is InChI=1S/C12H14ClN3OS/c1-12(2,3)11-15-9(16-17-11)7-5-8(13)10(18-4)14-6-7/h5-6H,1-4H3. The maximum absolute atomic E-state index is 6.11. The van der Waals surface area contributed by atoms with E-state index >= 15 is 0 Å². The molecule has 0 aliphatic heterocycles. The van der Waals surface area contributed by atoms with E-state index < -0.39 is 0 Å². The zero-order chi connectivity index (χ0) is 13.3. The Balaban J connectivity index is 2.38. The minimum atomic E-state index is -0.165. The average molecular weight is 284 g/mol. The quantitative estimate of drug-likeness (QED) is 0.785. The maximum atomic E-state index is 6.11. The zero-order valence-electron chi connectivity index (χ0n) is 10.7. The molecule has 0 aliphatic carbocycles. The van der Waals surface area contributed by atoms with Crippen LogP contribution in [0.1, 0.15) is 26.7 Å². The Morgan fingerprint density at radius 3 is 2.56 bits per heavy atom. The van der Waals surface area contributed by atoms with Crippen molar-refractivity contribution < 1.29 is 4.52 Å². The summed E-state index contributed by atoms with van der Waals surface area (Å²) >= 11 is 7.61. The summed E-state index contributed by atoms with van der Waals surface area (Å²) < 4.78 is 5.24. The van der Waals surface area contributed by atoms with Crippen LogP contribution in [-0.4, -0.2) is 21.4 Å². The van der Waals surface area contributed by atoms with E-state index in [1.54, 1.807) is 12.3 Å². The molecule has 0 saturated heterocycles. The molecule has 0 saturated carbocycles. The summed E-state index contributed by atoms with van der Waals surface area (Å²) in [5.41, 5.74) is 0.596. The highest BCUT2D eigenvalue weighted by Crippen LogP contribution is 2.28. The molecular formula is C12H14ClN3OS. The topological polar surface area (TPSA) is 51.8 Å². The van der Waals surface area contributed by atoms with Gasteiger partial charge in [0.05, 0.1) is 5.02 Å². The monoisotopic (exact) mass is 283 g/mol. The molecule has 2 aromatic rings. The van der Waals surface area contributed by atoms with E-state index in [1.165, 1.54) is 11.8 Å². The van der Waals surface area contributed by atoms with Gasteiger partial charge in [-0.1, -0.05) is 37.5 Å². The van der Waals surface area contributed by atoms with Crippen molar-refractivity contribution in [1.82, 2.24) is 15.1 Å². The van der Waals surface area contributed by atoms with Crippen LogP contribution in [0.2, 0.25) is 5.02 Å². The highest BCUT2D eigenvalue weighted by molar-refractivity contribution is 7.98. The van der Waals surface area contributed by atoms with E-state index in [4.69, 9.17) is 16.1 Å². The fourth-order valence-electron chi connectivity index (χ4n) is 1.34. The first-order chi connectivity index (χ1) is 8.41. The van der Waals surface area contributed by atoms with Crippen LogP contribution in [0.4, 0.5) is 0 Å². The third-order valence-corrected chi connectivity index (χ3v) is 3.44. The number of pyridine rings is 1. The number of aromatic nitrogens is 3. The highest BCUT2D eigenvalue weighted by atomic mass is 35.5. The molecule has 0 aromatic carbocycles. The van der Waals surface area contributed by atoms with Crippen LogP contribution in [0.15, 0.2) is 21.8 Å². The summed E-state index contributed by atoms with van der Waals surface area (Å²) in [5, 5.41) is 5.35. The van der Waals surface area contributed by atoms with E-state index in [9.17, 15) is 0 Å². The summed E-state index contributed by atoms with van der Waals surface area (Å²) in [6.07, 6.45) is 3.63. The number of halogens is 1. The molecule has 0 radical (unpaired) electrons. The SMILES string of the molecule is CSc1ncc(-c2noc(C(C)(C)C)n2)cc1Cl. The minimum absolute atomic E-state index is 0.165. The fourth-order valence-corrected chi connectivity index (χ4v) is 2.15. The molecule has 2 rings (SSSR count). The first-order valence-electron chi connectivity index (χ1n) is 5.46. The molecule has 2 heterocycles. The molecule has 18 heavy (non-hydrogen) atoms. The van der Waals surface area contributed by atoms with E-state index in [2.05, 4.69) is 15.1 Å². The van der Waals surface area contributed by atoms with Crippen molar-refractivity contribution in [3.05, 3.63) is 23.2 Å². The van der Waals surface area contributed by atoms with E-state index in [0.29, 0.717) is 16.7 Å². The molecule has 0 bridgehead atoms. The molecule has 0 spiro atoms. The predicted molar refractivity (Wildman–Crippen MR) is 73.0 cm³/mol. The van der Waals surface area contributed by atoms with Crippen molar-refractivity contribution in [2.24, 2.45) is 0 Å². The number of rotatable bonds is 2. The van der Waals surface area contributed by atoms with Gasteiger partial charge in [0.2, 0.25) is 11.7 Å². The van der Waals surface area contributed by atoms with Crippen molar-refractivity contribution >= 4 is 23.4 Å². The Kier molecular flexibility index (Phi) is 3.64. The summed E-state index contributed by atoms with van der Waals surface area (Å²) in [5.74, 6) is 1.12. The first kappa shape index (κ1) is 13.4. The van der Waals surface area contributed by atoms with Crippen molar-refractivity contribution in [2.75, 3.05) is 6.26 Å². The van der Waals surface area contributed by atoms with E-state index in [-0.39, 0.29) is 5.41 Å². The molecule has 0 atom stereocenters. The fraction of sp³-hybridized carbons (Fsp3) is 0.417. The Bertz CT molecular complexity index is 563. The lowest BCUT2D eigenvalue weighted by Gasteiger charge is -2.10. The van der Waals surface area contributed by atoms with Gasteiger partial charge in [0.25, 0.3) is 0 Å². The lowest BCUT2D eigenvalue weighted by atomic mass is 9.97. The Morgan fingerprint density at radius 2 is 2.06 bits per heavy atom. The molecule has 0 N–H and O–H groups in total. The average Bonchev–Trinajstić information content (AvgIpc) is 2.77. The van der Waals surface area contributed by atoms with Crippen molar-refractivity contribution in [2.45, 2.75) is 31.2 Å². The van der Waals surface area contributed by atoms with Gasteiger partial charge in [-0.05, 0) is 12.3 Å². The molecule has 96 valence electrons. The van der Waals surface area contributed by atoms with Crippen LogP contribution in [0, 0.1) is 0 Å².